The molecule has 0 radical (unpaired) electrons. The normalized spacial score (nSPS) is 18.7. The topological polar surface area (TPSA) is 52.4 Å². The van der Waals surface area contributed by atoms with Crippen LogP contribution in [0, 0.1) is 0 Å². The summed E-state index contributed by atoms with van der Waals surface area (Å²) in [6.07, 6.45) is 9.79. The Morgan fingerprint density at radius 2 is 1.93 bits per heavy atom. The van der Waals surface area contributed by atoms with Crippen LogP contribution >= 0.6 is 11.5 Å². The molecule has 154 valence electrons. The molecule has 0 amide bonds. The Morgan fingerprint density at radius 3 is 2.72 bits per heavy atom. The number of rotatable bonds is 6. The average molecular weight is 413 g/mol. The molecule has 1 aliphatic heterocycles. The van der Waals surface area contributed by atoms with Gasteiger partial charge >= 0.3 is 0 Å². The molecule has 6 nitrogen and oxygen atoms in total. The zero-order chi connectivity index (χ0) is 19.6. The molecule has 1 saturated heterocycles. The number of ether oxygens (including phenoxy) is 2. The van der Waals surface area contributed by atoms with Crippen LogP contribution in [0.1, 0.15) is 50.4 Å². The molecule has 0 N–H and O–H groups in total. The van der Waals surface area contributed by atoms with Crippen LogP contribution in [0.3, 0.4) is 0 Å². The van der Waals surface area contributed by atoms with Gasteiger partial charge in [-0.2, -0.15) is 4.37 Å². The third-order valence-corrected chi connectivity index (χ3v) is 6.99. The average Bonchev–Trinajstić information content (AvgIpc) is 3.49. The van der Waals surface area contributed by atoms with Gasteiger partial charge in [0.2, 0.25) is 5.13 Å². The lowest BCUT2D eigenvalue weighted by atomic mass is 10.1. The molecule has 5 rings (SSSR count). The van der Waals surface area contributed by atoms with E-state index >= 15 is 0 Å². The number of methoxy groups -OCH3 is 1. The van der Waals surface area contributed by atoms with Gasteiger partial charge in [-0.3, -0.25) is 0 Å². The summed E-state index contributed by atoms with van der Waals surface area (Å²) in [7, 11) is 1.67. The summed E-state index contributed by atoms with van der Waals surface area (Å²) >= 11 is 1.46. The molecule has 3 heterocycles. The maximum atomic E-state index is 6.48. The number of benzene rings is 1. The molecule has 0 unspecified atom stereocenters. The molecule has 3 aromatic rings. The summed E-state index contributed by atoms with van der Waals surface area (Å²) in [5.74, 6) is 1.79. The van der Waals surface area contributed by atoms with Crippen molar-refractivity contribution in [1.29, 1.82) is 0 Å². The molecule has 7 heteroatoms. The van der Waals surface area contributed by atoms with E-state index in [0.29, 0.717) is 12.6 Å². The highest BCUT2D eigenvalue weighted by molar-refractivity contribution is 7.09. The molecule has 1 aliphatic carbocycles. The quantitative estimate of drug-likeness (QED) is 0.582. The Balaban J connectivity index is 1.25. The van der Waals surface area contributed by atoms with Gasteiger partial charge in [0.05, 0.1) is 5.52 Å². The van der Waals surface area contributed by atoms with Gasteiger partial charge in [-0.15, -0.1) is 0 Å². The Kier molecular flexibility index (Phi) is 5.42. The predicted molar refractivity (Wildman–Crippen MR) is 116 cm³/mol. The number of piperidine rings is 1. The van der Waals surface area contributed by atoms with E-state index < -0.39 is 0 Å². The van der Waals surface area contributed by atoms with Crippen molar-refractivity contribution in [1.82, 2.24) is 13.9 Å². The minimum atomic E-state index is 0.248. The van der Waals surface area contributed by atoms with Crippen LogP contribution in [0.15, 0.2) is 30.5 Å². The van der Waals surface area contributed by atoms with Gasteiger partial charge in [-0.25, -0.2) is 4.98 Å². The van der Waals surface area contributed by atoms with Crippen LogP contribution in [-0.2, 0) is 11.3 Å². The molecule has 1 aromatic carbocycles. The third-order valence-electron chi connectivity index (χ3n) is 6.18. The number of anilines is 1. The first kappa shape index (κ1) is 18.9. The van der Waals surface area contributed by atoms with Gasteiger partial charge in [0, 0.05) is 62.2 Å². The molecular formula is C22H28N4O2S. The van der Waals surface area contributed by atoms with Gasteiger partial charge in [-0.05, 0) is 31.0 Å². The fraction of sp³-hybridized carbons (Fsp3) is 0.545. The number of aromatic nitrogens is 3. The van der Waals surface area contributed by atoms with Crippen LogP contribution < -0.4 is 9.64 Å². The summed E-state index contributed by atoms with van der Waals surface area (Å²) < 4.78 is 18.4. The molecule has 2 fully saturated rings. The van der Waals surface area contributed by atoms with Gasteiger partial charge in [0.15, 0.2) is 5.82 Å². The Morgan fingerprint density at radius 1 is 1.10 bits per heavy atom. The second-order valence-corrected chi connectivity index (χ2v) is 8.81. The van der Waals surface area contributed by atoms with E-state index in [4.69, 9.17) is 9.47 Å². The van der Waals surface area contributed by atoms with Crippen molar-refractivity contribution >= 4 is 27.6 Å². The maximum Gasteiger partial charge on any atom is 0.205 e. The van der Waals surface area contributed by atoms with E-state index in [1.54, 1.807) is 7.11 Å². The second-order valence-electron chi connectivity index (χ2n) is 8.08. The van der Waals surface area contributed by atoms with Crippen molar-refractivity contribution < 1.29 is 9.47 Å². The monoisotopic (exact) mass is 412 g/mol. The van der Waals surface area contributed by atoms with Crippen LogP contribution in [0.2, 0.25) is 0 Å². The Bertz CT molecular complexity index is 955. The standard InChI is InChI=1S/C22H28N4O2S/c1-27-15-21-23-22(29-24-21)25-12-9-17(10-13-25)28-20-8-4-7-19-18(20)11-14-26(19)16-5-2-3-6-16/h4,7-8,11,14,16-17H,2-3,5-6,9-10,12-13,15H2,1H3. The first-order valence-corrected chi connectivity index (χ1v) is 11.4. The molecule has 2 aliphatic rings. The minimum absolute atomic E-state index is 0.248. The summed E-state index contributed by atoms with van der Waals surface area (Å²) in [6.45, 7) is 2.37. The van der Waals surface area contributed by atoms with Crippen LogP contribution in [0.5, 0.6) is 5.75 Å². The Labute approximate surface area is 175 Å². The number of hydrogen-bond donors (Lipinski definition) is 0. The minimum Gasteiger partial charge on any atom is -0.490 e. The van der Waals surface area contributed by atoms with E-state index in [2.05, 4.69) is 49.3 Å². The molecule has 0 atom stereocenters. The predicted octanol–water partition coefficient (Wildman–Crippen LogP) is 4.80. The van der Waals surface area contributed by atoms with Crippen molar-refractivity contribution in [3.8, 4) is 5.75 Å². The zero-order valence-corrected chi connectivity index (χ0v) is 17.7. The lowest BCUT2D eigenvalue weighted by Gasteiger charge is -2.31. The van der Waals surface area contributed by atoms with Gasteiger partial charge in [0.25, 0.3) is 0 Å². The fourth-order valence-electron chi connectivity index (χ4n) is 4.67. The van der Waals surface area contributed by atoms with E-state index in [9.17, 15) is 0 Å². The van der Waals surface area contributed by atoms with Crippen molar-refractivity contribution in [2.75, 3.05) is 25.1 Å². The lowest BCUT2D eigenvalue weighted by molar-refractivity contribution is 0.172. The van der Waals surface area contributed by atoms with Gasteiger partial charge in [0.1, 0.15) is 18.5 Å². The molecule has 1 saturated carbocycles. The van der Waals surface area contributed by atoms with E-state index in [1.165, 1.54) is 48.1 Å². The van der Waals surface area contributed by atoms with E-state index in [-0.39, 0.29) is 6.10 Å². The van der Waals surface area contributed by atoms with E-state index in [1.807, 2.05) is 0 Å². The van der Waals surface area contributed by atoms with Crippen LogP contribution in [-0.4, -0.2) is 40.2 Å². The van der Waals surface area contributed by atoms with Crippen molar-refractivity contribution in [2.45, 2.75) is 57.3 Å². The highest BCUT2D eigenvalue weighted by Gasteiger charge is 2.24. The van der Waals surface area contributed by atoms with Crippen molar-refractivity contribution in [3.05, 3.63) is 36.3 Å². The molecule has 2 aromatic heterocycles. The van der Waals surface area contributed by atoms with E-state index in [0.717, 1.165) is 42.6 Å². The second kappa shape index (κ2) is 8.32. The highest BCUT2D eigenvalue weighted by Crippen LogP contribution is 2.36. The maximum absolute atomic E-state index is 6.48. The molecular weight excluding hydrogens is 384 g/mol. The van der Waals surface area contributed by atoms with Gasteiger partial charge in [-0.1, -0.05) is 18.9 Å². The lowest BCUT2D eigenvalue weighted by Crippen LogP contribution is -2.38. The molecule has 0 spiro atoms. The molecule has 0 bridgehead atoms. The summed E-state index contributed by atoms with van der Waals surface area (Å²) in [4.78, 5) is 6.89. The summed E-state index contributed by atoms with van der Waals surface area (Å²) in [5.41, 5.74) is 1.31. The largest absolute Gasteiger partial charge is 0.490 e. The van der Waals surface area contributed by atoms with Gasteiger partial charge < -0.3 is 18.9 Å². The SMILES string of the molecule is COCc1nsc(N2CCC(Oc3cccc4c3ccn4C3CCCC3)CC2)n1. The Hall–Kier alpha value is -2.12. The third kappa shape index (κ3) is 3.85. The highest BCUT2D eigenvalue weighted by atomic mass is 32.1. The van der Waals surface area contributed by atoms with Crippen LogP contribution in [0.4, 0.5) is 5.13 Å². The fourth-order valence-corrected chi connectivity index (χ4v) is 5.39. The first-order valence-electron chi connectivity index (χ1n) is 10.6. The molecule has 29 heavy (non-hydrogen) atoms. The first-order chi connectivity index (χ1) is 14.3. The van der Waals surface area contributed by atoms with Crippen molar-refractivity contribution in [2.24, 2.45) is 0 Å². The smallest absolute Gasteiger partial charge is 0.205 e. The number of hydrogen-bond acceptors (Lipinski definition) is 6. The zero-order valence-electron chi connectivity index (χ0n) is 16.9. The summed E-state index contributed by atoms with van der Waals surface area (Å²) in [5, 5.41) is 2.24. The van der Waals surface area contributed by atoms with Crippen LogP contribution in [0.25, 0.3) is 10.9 Å². The summed E-state index contributed by atoms with van der Waals surface area (Å²) in [6, 6.07) is 9.37. The number of fused-ring (bicyclic) bond motifs is 1. The number of nitrogens with zero attached hydrogens (tertiary/aromatic N) is 4. The van der Waals surface area contributed by atoms with Crippen molar-refractivity contribution in [3.63, 3.8) is 0 Å².